The highest BCUT2D eigenvalue weighted by atomic mass is 16.5. The monoisotopic (exact) mass is 324 g/mol. The molecule has 3 rings (SSSR count). The molecule has 4 heteroatoms. The highest BCUT2D eigenvalue weighted by Gasteiger charge is 2.24. The Bertz CT molecular complexity index is 631. The minimum absolute atomic E-state index is 0.0698. The lowest BCUT2D eigenvalue weighted by atomic mass is 9.99. The van der Waals surface area contributed by atoms with Gasteiger partial charge in [-0.15, -0.1) is 0 Å². The van der Waals surface area contributed by atoms with Crippen LogP contribution in [0.2, 0.25) is 0 Å². The Kier molecular flexibility index (Phi) is 5.85. The summed E-state index contributed by atoms with van der Waals surface area (Å²) >= 11 is 0. The quantitative estimate of drug-likeness (QED) is 0.796. The van der Waals surface area contributed by atoms with Gasteiger partial charge in [-0.05, 0) is 36.6 Å². The van der Waals surface area contributed by atoms with E-state index in [0.717, 1.165) is 25.3 Å². The van der Waals surface area contributed by atoms with Gasteiger partial charge in [-0.1, -0.05) is 48.5 Å². The van der Waals surface area contributed by atoms with Crippen molar-refractivity contribution in [3.8, 4) is 5.75 Å². The maximum Gasteiger partial charge on any atom is 0.234 e. The molecule has 4 nitrogen and oxygen atoms in total. The van der Waals surface area contributed by atoms with Crippen LogP contribution in [-0.4, -0.2) is 43.6 Å². The van der Waals surface area contributed by atoms with Crippen LogP contribution in [-0.2, 0) is 4.79 Å². The molecule has 1 atom stereocenters. The first-order chi connectivity index (χ1) is 11.8. The zero-order chi connectivity index (χ0) is 16.6. The van der Waals surface area contributed by atoms with Crippen molar-refractivity contribution in [2.45, 2.75) is 12.3 Å². The molecular weight excluding hydrogens is 300 g/mol. The van der Waals surface area contributed by atoms with Crippen LogP contribution in [0.15, 0.2) is 60.7 Å². The number of amides is 1. The van der Waals surface area contributed by atoms with Gasteiger partial charge in [0.25, 0.3) is 0 Å². The molecule has 1 saturated heterocycles. The van der Waals surface area contributed by atoms with Crippen LogP contribution in [0, 0.1) is 0 Å². The van der Waals surface area contributed by atoms with E-state index in [1.54, 1.807) is 0 Å². The summed E-state index contributed by atoms with van der Waals surface area (Å²) in [6.45, 7) is 3.42. The molecule has 0 spiro atoms. The van der Waals surface area contributed by atoms with Gasteiger partial charge in [0.1, 0.15) is 12.4 Å². The van der Waals surface area contributed by atoms with Gasteiger partial charge < -0.3 is 10.1 Å². The molecule has 1 heterocycles. The van der Waals surface area contributed by atoms with Gasteiger partial charge in [0.05, 0.1) is 13.1 Å². The van der Waals surface area contributed by atoms with Crippen LogP contribution < -0.4 is 10.1 Å². The van der Waals surface area contributed by atoms with E-state index in [2.05, 4.69) is 34.5 Å². The van der Waals surface area contributed by atoms with Crippen molar-refractivity contribution in [3.63, 3.8) is 0 Å². The Hall–Kier alpha value is -2.33. The van der Waals surface area contributed by atoms with E-state index in [-0.39, 0.29) is 5.91 Å². The maximum atomic E-state index is 12.0. The Balaban J connectivity index is 1.34. The topological polar surface area (TPSA) is 41.6 Å². The summed E-state index contributed by atoms with van der Waals surface area (Å²) in [6, 6.07) is 20.2. The molecule has 1 aliphatic rings. The SMILES string of the molecule is O=C(CN1CCC(c2ccccc2)C1)NCCOc1ccccc1. The van der Waals surface area contributed by atoms with Crippen molar-refractivity contribution in [3.05, 3.63) is 66.2 Å². The lowest BCUT2D eigenvalue weighted by Crippen LogP contribution is -2.37. The van der Waals surface area contributed by atoms with Crippen molar-refractivity contribution in [1.82, 2.24) is 10.2 Å². The predicted molar refractivity (Wildman–Crippen MR) is 95.2 cm³/mol. The first kappa shape index (κ1) is 16.5. The van der Waals surface area contributed by atoms with Crippen LogP contribution in [0.25, 0.3) is 0 Å². The molecule has 0 radical (unpaired) electrons. The molecule has 1 amide bonds. The summed E-state index contributed by atoms with van der Waals surface area (Å²) in [4.78, 5) is 14.3. The molecule has 0 bridgehead atoms. The minimum Gasteiger partial charge on any atom is -0.492 e. The number of para-hydroxylation sites is 1. The van der Waals surface area contributed by atoms with Gasteiger partial charge in [-0.2, -0.15) is 0 Å². The lowest BCUT2D eigenvalue weighted by molar-refractivity contribution is -0.122. The van der Waals surface area contributed by atoms with E-state index in [1.165, 1.54) is 5.56 Å². The molecule has 24 heavy (non-hydrogen) atoms. The molecule has 1 fully saturated rings. The standard InChI is InChI=1S/C20H24N2O2/c23-20(21-12-14-24-19-9-5-2-6-10-19)16-22-13-11-18(15-22)17-7-3-1-4-8-17/h1-10,18H,11-16H2,(H,21,23). The van der Waals surface area contributed by atoms with Crippen molar-refractivity contribution >= 4 is 5.91 Å². The highest BCUT2D eigenvalue weighted by Crippen LogP contribution is 2.26. The van der Waals surface area contributed by atoms with Crippen molar-refractivity contribution in [2.24, 2.45) is 0 Å². The summed E-state index contributed by atoms with van der Waals surface area (Å²) in [6.07, 6.45) is 1.12. The molecule has 0 saturated carbocycles. The number of likely N-dealkylation sites (tertiary alicyclic amines) is 1. The summed E-state index contributed by atoms with van der Waals surface area (Å²) in [7, 11) is 0. The van der Waals surface area contributed by atoms with E-state index in [1.807, 2.05) is 36.4 Å². The third kappa shape index (κ3) is 4.83. The summed E-state index contributed by atoms with van der Waals surface area (Å²) in [5.74, 6) is 1.44. The van der Waals surface area contributed by atoms with Gasteiger partial charge >= 0.3 is 0 Å². The Labute approximate surface area is 143 Å². The number of benzene rings is 2. The fraction of sp³-hybridized carbons (Fsp3) is 0.350. The second kappa shape index (κ2) is 8.50. The lowest BCUT2D eigenvalue weighted by Gasteiger charge is -2.16. The Morgan fingerprint density at radius 2 is 1.79 bits per heavy atom. The van der Waals surface area contributed by atoms with E-state index >= 15 is 0 Å². The number of ether oxygens (including phenoxy) is 1. The third-order valence-corrected chi connectivity index (χ3v) is 4.35. The number of nitrogens with one attached hydrogen (secondary N) is 1. The zero-order valence-corrected chi connectivity index (χ0v) is 13.9. The van der Waals surface area contributed by atoms with Gasteiger partial charge in [0, 0.05) is 6.54 Å². The van der Waals surface area contributed by atoms with Crippen LogP contribution in [0.5, 0.6) is 5.75 Å². The molecular formula is C20H24N2O2. The van der Waals surface area contributed by atoms with Crippen LogP contribution in [0.3, 0.4) is 0 Å². The average Bonchev–Trinajstić information content (AvgIpc) is 3.09. The van der Waals surface area contributed by atoms with E-state index in [4.69, 9.17) is 4.74 Å². The number of hydrogen-bond acceptors (Lipinski definition) is 3. The molecule has 0 aromatic heterocycles. The molecule has 1 unspecified atom stereocenters. The summed E-state index contributed by atoms with van der Waals surface area (Å²) in [5, 5.41) is 2.93. The second-order valence-corrected chi connectivity index (χ2v) is 6.14. The second-order valence-electron chi connectivity index (χ2n) is 6.14. The first-order valence-corrected chi connectivity index (χ1v) is 8.53. The zero-order valence-electron chi connectivity index (χ0n) is 13.9. The minimum atomic E-state index is 0.0698. The first-order valence-electron chi connectivity index (χ1n) is 8.53. The van der Waals surface area contributed by atoms with Crippen LogP contribution in [0.1, 0.15) is 17.9 Å². The maximum absolute atomic E-state index is 12.0. The molecule has 0 aliphatic carbocycles. The van der Waals surface area contributed by atoms with Crippen LogP contribution >= 0.6 is 0 Å². The van der Waals surface area contributed by atoms with Crippen molar-refractivity contribution in [1.29, 1.82) is 0 Å². The van der Waals surface area contributed by atoms with E-state index in [0.29, 0.717) is 25.6 Å². The van der Waals surface area contributed by atoms with E-state index in [9.17, 15) is 4.79 Å². The van der Waals surface area contributed by atoms with Gasteiger partial charge in [0.15, 0.2) is 0 Å². The summed E-state index contributed by atoms with van der Waals surface area (Å²) in [5.41, 5.74) is 1.37. The summed E-state index contributed by atoms with van der Waals surface area (Å²) < 4.78 is 5.57. The van der Waals surface area contributed by atoms with Crippen molar-refractivity contribution < 1.29 is 9.53 Å². The molecule has 1 aliphatic heterocycles. The van der Waals surface area contributed by atoms with Crippen LogP contribution in [0.4, 0.5) is 0 Å². The van der Waals surface area contributed by atoms with E-state index < -0.39 is 0 Å². The predicted octanol–water partition coefficient (Wildman–Crippen LogP) is 2.67. The largest absolute Gasteiger partial charge is 0.492 e. The fourth-order valence-corrected chi connectivity index (χ4v) is 3.11. The third-order valence-electron chi connectivity index (χ3n) is 4.35. The number of hydrogen-bond donors (Lipinski definition) is 1. The number of rotatable bonds is 7. The fourth-order valence-electron chi connectivity index (χ4n) is 3.11. The van der Waals surface area contributed by atoms with Crippen molar-refractivity contribution in [2.75, 3.05) is 32.8 Å². The smallest absolute Gasteiger partial charge is 0.234 e. The number of nitrogens with zero attached hydrogens (tertiary/aromatic N) is 1. The number of carbonyl (C=O) groups is 1. The van der Waals surface area contributed by atoms with Gasteiger partial charge in [-0.25, -0.2) is 0 Å². The average molecular weight is 324 g/mol. The number of carbonyl (C=O) groups excluding carboxylic acids is 1. The molecule has 2 aromatic carbocycles. The normalized spacial score (nSPS) is 17.6. The molecule has 2 aromatic rings. The Morgan fingerprint density at radius 3 is 2.54 bits per heavy atom. The van der Waals surface area contributed by atoms with Gasteiger partial charge in [-0.3, -0.25) is 9.69 Å². The molecule has 1 N–H and O–H groups in total. The highest BCUT2D eigenvalue weighted by molar-refractivity contribution is 5.78. The Morgan fingerprint density at radius 1 is 1.08 bits per heavy atom. The molecule has 126 valence electrons. The van der Waals surface area contributed by atoms with Gasteiger partial charge in [0.2, 0.25) is 5.91 Å².